The molecule has 6 aliphatic rings. The van der Waals surface area contributed by atoms with E-state index in [4.69, 9.17) is 9.72 Å². The average Bonchev–Trinajstić information content (AvgIpc) is 3.48. The van der Waals surface area contributed by atoms with Crippen molar-refractivity contribution in [2.45, 2.75) is 100 Å². The Hall–Kier alpha value is -3.00. The number of aliphatic hydroxyl groups is 1. The first-order chi connectivity index (χ1) is 18.9. The van der Waals surface area contributed by atoms with E-state index in [2.05, 4.69) is 15.6 Å². The molecule has 8 nitrogen and oxygen atoms in total. The zero-order chi connectivity index (χ0) is 26.6. The first-order valence-corrected chi connectivity index (χ1v) is 14.8. The minimum absolute atomic E-state index is 0.0898. The Labute approximate surface area is 229 Å². The lowest BCUT2D eigenvalue weighted by molar-refractivity contribution is -0.136. The summed E-state index contributed by atoms with van der Waals surface area (Å²) in [6.07, 6.45) is 11.7. The van der Waals surface area contributed by atoms with Crippen molar-refractivity contribution in [3.8, 4) is 0 Å². The van der Waals surface area contributed by atoms with Gasteiger partial charge in [-0.05, 0) is 81.1 Å². The topological polar surface area (TPSA) is 113 Å². The first-order valence-electron chi connectivity index (χ1n) is 14.8. The summed E-state index contributed by atoms with van der Waals surface area (Å²) in [4.78, 5) is 36.0. The Balaban J connectivity index is 1.08. The molecule has 4 bridgehead atoms. The third-order valence-corrected chi connectivity index (χ3v) is 10.1. The number of carbonyl (C=O) groups is 2. The number of hydrogen-bond acceptors (Lipinski definition) is 6. The van der Waals surface area contributed by atoms with Crippen LogP contribution in [0.3, 0.4) is 0 Å². The van der Waals surface area contributed by atoms with Crippen LogP contribution in [-0.4, -0.2) is 38.7 Å². The first kappa shape index (κ1) is 25.0. The van der Waals surface area contributed by atoms with Gasteiger partial charge in [0.25, 0.3) is 5.91 Å². The van der Waals surface area contributed by atoms with E-state index in [1.165, 1.54) is 0 Å². The van der Waals surface area contributed by atoms with Crippen LogP contribution < -0.4 is 10.6 Å². The lowest BCUT2D eigenvalue weighted by Gasteiger charge is -2.58. The molecule has 8 rings (SSSR count). The number of nitrogens with zero attached hydrogens (tertiary/aromatic N) is 2. The van der Waals surface area contributed by atoms with Gasteiger partial charge < -0.3 is 20.5 Å². The van der Waals surface area contributed by atoms with Crippen molar-refractivity contribution in [2.24, 2.45) is 17.8 Å². The van der Waals surface area contributed by atoms with E-state index >= 15 is 0 Å². The molecule has 39 heavy (non-hydrogen) atoms. The molecule has 2 unspecified atom stereocenters. The summed E-state index contributed by atoms with van der Waals surface area (Å²) in [5.74, 6) is 2.01. The van der Waals surface area contributed by atoms with Crippen LogP contribution in [0.5, 0.6) is 0 Å². The zero-order valence-corrected chi connectivity index (χ0v) is 22.4. The van der Waals surface area contributed by atoms with E-state index in [1.807, 2.05) is 30.3 Å². The average molecular weight is 531 g/mol. The largest absolute Gasteiger partial charge is 0.445 e. The predicted octanol–water partition coefficient (Wildman–Crippen LogP) is 4.72. The molecular weight excluding hydrogens is 492 g/mol. The number of carbonyl (C=O) groups excluding carboxylic acids is 2. The number of alkyl carbamates (subject to hydrolysis) is 1. The van der Waals surface area contributed by atoms with E-state index < -0.39 is 17.2 Å². The van der Waals surface area contributed by atoms with E-state index in [9.17, 15) is 14.7 Å². The van der Waals surface area contributed by atoms with Crippen molar-refractivity contribution in [2.75, 3.05) is 0 Å². The normalized spacial score (nSPS) is 32.1. The van der Waals surface area contributed by atoms with Gasteiger partial charge in [-0.25, -0.2) is 14.8 Å². The fraction of sp³-hybridized carbons (Fsp3) is 0.613. The summed E-state index contributed by atoms with van der Waals surface area (Å²) >= 11 is 0. The van der Waals surface area contributed by atoms with Crippen LogP contribution in [0.2, 0.25) is 0 Å². The highest BCUT2D eigenvalue weighted by molar-refractivity contribution is 5.95. The fourth-order valence-corrected chi connectivity index (χ4v) is 8.24. The van der Waals surface area contributed by atoms with Gasteiger partial charge in [-0.2, -0.15) is 0 Å². The number of nitrogens with one attached hydrogen (secondary N) is 2. The summed E-state index contributed by atoms with van der Waals surface area (Å²) in [7, 11) is 0. The minimum Gasteiger partial charge on any atom is -0.445 e. The van der Waals surface area contributed by atoms with E-state index in [-0.39, 0.29) is 24.5 Å². The Bertz CT molecular complexity index is 1240. The molecule has 0 saturated heterocycles. The quantitative estimate of drug-likeness (QED) is 0.478. The molecule has 0 aliphatic heterocycles. The molecule has 1 aromatic heterocycles. The highest BCUT2D eigenvalue weighted by Crippen LogP contribution is 2.55. The molecule has 1 aromatic carbocycles. The lowest BCUT2D eigenvalue weighted by Crippen LogP contribution is -2.61. The Morgan fingerprint density at radius 1 is 1.03 bits per heavy atom. The van der Waals surface area contributed by atoms with Gasteiger partial charge >= 0.3 is 6.09 Å². The van der Waals surface area contributed by atoms with Crippen LogP contribution in [-0.2, 0) is 16.9 Å². The highest BCUT2D eigenvalue weighted by Gasteiger charge is 2.55. The second-order valence-electron chi connectivity index (χ2n) is 12.9. The molecule has 2 amide bonds. The molecule has 6 aliphatic carbocycles. The third kappa shape index (κ3) is 4.81. The minimum atomic E-state index is -0.632. The second kappa shape index (κ2) is 9.58. The van der Waals surface area contributed by atoms with E-state index in [1.54, 1.807) is 6.20 Å². The van der Waals surface area contributed by atoms with Crippen molar-refractivity contribution in [3.63, 3.8) is 0 Å². The number of amides is 2. The lowest BCUT2D eigenvalue weighted by atomic mass is 9.52. The molecule has 0 radical (unpaired) electrons. The Morgan fingerprint density at radius 2 is 1.74 bits per heavy atom. The van der Waals surface area contributed by atoms with Gasteiger partial charge in [0.15, 0.2) is 5.82 Å². The summed E-state index contributed by atoms with van der Waals surface area (Å²) in [6.45, 7) is 0.206. The molecule has 1 heterocycles. The molecule has 0 spiro atoms. The van der Waals surface area contributed by atoms with Gasteiger partial charge in [0.1, 0.15) is 12.1 Å². The van der Waals surface area contributed by atoms with E-state index in [0.29, 0.717) is 29.1 Å². The maximum atomic E-state index is 13.7. The van der Waals surface area contributed by atoms with Gasteiger partial charge in [-0.1, -0.05) is 43.2 Å². The van der Waals surface area contributed by atoms with Crippen LogP contribution in [0.4, 0.5) is 4.79 Å². The number of benzene rings is 1. The highest BCUT2D eigenvalue weighted by atomic mass is 16.5. The summed E-state index contributed by atoms with van der Waals surface area (Å²) < 4.78 is 5.47. The second-order valence-corrected chi connectivity index (χ2v) is 12.9. The molecule has 206 valence electrons. The Morgan fingerprint density at radius 3 is 2.41 bits per heavy atom. The van der Waals surface area contributed by atoms with Crippen LogP contribution in [0.1, 0.15) is 104 Å². The number of rotatable bonds is 7. The van der Waals surface area contributed by atoms with Gasteiger partial charge in [0.05, 0.1) is 16.9 Å². The molecule has 2 atom stereocenters. The van der Waals surface area contributed by atoms with Crippen molar-refractivity contribution < 1.29 is 19.4 Å². The van der Waals surface area contributed by atoms with Crippen molar-refractivity contribution in [1.29, 1.82) is 0 Å². The predicted molar refractivity (Wildman–Crippen MR) is 144 cm³/mol. The number of aromatic nitrogens is 2. The van der Waals surface area contributed by atoms with Crippen molar-refractivity contribution in [1.82, 2.24) is 20.6 Å². The zero-order valence-electron chi connectivity index (χ0n) is 22.4. The van der Waals surface area contributed by atoms with Crippen LogP contribution in [0.25, 0.3) is 0 Å². The summed E-state index contributed by atoms with van der Waals surface area (Å²) in [5, 5.41) is 17.3. The standard InChI is InChI=1S/C31H38N4O4/c36-27(33-25-22-12-20-13-23(25)16-30(38,14-20)15-22)24-17-32-28(34-26(24)21-8-4-5-9-21)31(10-11-31)35-29(37)39-18-19-6-2-1-3-7-19/h1-3,6-7,17,20-23,25,38H,4-5,8-16,18H2,(H,33,36)(H,35,37). The van der Waals surface area contributed by atoms with E-state index in [0.717, 1.165) is 81.9 Å². The molecule has 3 N–H and O–H groups in total. The van der Waals surface area contributed by atoms with Gasteiger partial charge in [0.2, 0.25) is 0 Å². The molecular formula is C31H38N4O4. The Kier molecular flexibility index (Phi) is 6.14. The van der Waals surface area contributed by atoms with Gasteiger partial charge in [-0.15, -0.1) is 0 Å². The summed E-state index contributed by atoms with van der Waals surface area (Å²) in [5.41, 5.74) is 1.17. The molecule has 6 fully saturated rings. The number of hydrogen-bond donors (Lipinski definition) is 3. The van der Waals surface area contributed by atoms with Gasteiger partial charge in [0, 0.05) is 18.2 Å². The van der Waals surface area contributed by atoms with Crippen molar-refractivity contribution in [3.05, 3.63) is 59.2 Å². The van der Waals surface area contributed by atoms with Crippen molar-refractivity contribution >= 4 is 12.0 Å². The van der Waals surface area contributed by atoms with Gasteiger partial charge in [-0.3, -0.25) is 4.79 Å². The smallest absolute Gasteiger partial charge is 0.408 e. The SMILES string of the molecule is O=C(NC1(c2ncc(C(=O)NC3C4CC5CC3CC(O)(C5)C4)c(C3CCCC3)n2)CC1)OCc1ccccc1. The number of ether oxygens (including phenoxy) is 1. The monoisotopic (exact) mass is 530 g/mol. The molecule has 6 saturated carbocycles. The van der Waals surface area contributed by atoms with Crippen LogP contribution in [0, 0.1) is 17.8 Å². The fourth-order valence-electron chi connectivity index (χ4n) is 8.24. The third-order valence-electron chi connectivity index (χ3n) is 10.1. The molecule has 2 aromatic rings. The van der Waals surface area contributed by atoms with Crippen LogP contribution in [0.15, 0.2) is 36.5 Å². The molecule has 8 heteroatoms. The summed E-state index contributed by atoms with van der Waals surface area (Å²) in [6, 6.07) is 9.72. The maximum absolute atomic E-state index is 13.7. The van der Waals surface area contributed by atoms with Crippen LogP contribution >= 0.6 is 0 Å². The maximum Gasteiger partial charge on any atom is 0.408 e.